The molecule has 2 aliphatic rings. The third-order valence-corrected chi connectivity index (χ3v) is 6.99. The average molecular weight is 537 g/mol. The van der Waals surface area contributed by atoms with Gasteiger partial charge in [-0.25, -0.2) is 36.5 Å². The van der Waals surface area contributed by atoms with Crippen LogP contribution in [0.3, 0.4) is 0 Å². The number of aromatic amines is 1. The van der Waals surface area contributed by atoms with Gasteiger partial charge < -0.3 is 20.4 Å². The Morgan fingerprint density at radius 1 is 1.22 bits per heavy atom. The predicted molar refractivity (Wildman–Crippen MR) is 130 cm³/mol. The van der Waals surface area contributed by atoms with Gasteiger partial charge in [0.05, 0.1) is 27.7 Å². The number of H-pyrrole nitrogens is 1. The molecule has 0 bridgehead atoms. The van der Waals surface area contributed by atoms with Crippen LogP contribution in [-0.2, 0) is 19.4 Å². The molecule has 1 aliphatic heterocycles. The molecule has 3 heterocycles. The number of nitrogens with zero attached hydrogens (tertiary/aromatic N) is 3. The molecule has 1 aromatic carbocycles. The summed E-state index contributed by atoms with van der Waals surface area (Å²) in [7, 11) is -3.78. The van der Waals surface area contributed by atoms with E-state index in [-0.39, 0.29) is 39.7 Å². The van der Waals surface area contributed by atoms with Crippen molar-refractivity contribution in [2.75, 3.05) is 23.5 Å². The molecule has 0 saturated heterocycles. The van der Waals surface area contributed by atoms with E-state index < -0.39 is 45.6 Å². The van der Waals surface area contributed by atoms with Crippen molar-refractivity contribution in [3.05, 3.63) is 35.7 Å². The number of halogens is 3. The topological polar surface area (TPSA) is 138 Å². The fraction of sp³-hybridized carbons (Fsp3) is 0.391. The fourth-order valence-electron chi connectivity index (χ4n) is 3.87. The molecule has 37 heavy (non-hydrogen) atoms. The lowest BCUT2D eigenvalue weighted by atomic mass is 10.1. The van der Waals surface area contributed by atoms with Gasteiger partial charge in [0.1, 0.15) is 24.1 Å². The predicted octanol–water partition coefficient (Wildman–Crippen LogP) is 3.89. The van der Waals surface area contributed by atoms with E-state index in [1.807, 2.05) is 13.8 Å². The summed E-state index contributed by atoms with van der Waals surface area (Å²) in [5, 5.41) is 5.40. The lowest BCUT2D eigenvalue weighted by molar-refractivity contribution is -0.117. The SMILES string of the molecule is CC1(C)COC(c2ccc(Nc3cc(NC(=O)C4CC4F)nc4nc(C(F)F)[nH]c34)c(S(C)(=O)=O)c2)=N1. The zero-order chi connectivity index (χ0) is 26.7. The van der Waals surface area contributed by atoms with Crippen LogP contribution in [0.1, 0.15) is 38.1 Å². The highest BCUT2D eigenvalue weighted by Crippen LogP contribution is 2.36. The van der Waals surface area contributed by atoms with Gasteiger partial charge in [0.2, 0.25) is 11.8 Å². The van der Waals surface area contributed by atoms with Crippen LogP contribution in [0.25, 0.3) is 11.2 Å². The van der Waals surface area contributed by atoms with Crippen molar-refractivity contribution in [3.63, 3.8) is 0 Å². The molecule has 0 spiro atoms. The summed E-state index contributed by atoms with van der Waals surface area (Å²) in [4.78, 5) is 27.0. The first-order valence-corrected chi connectivity index (χ1v) is 13.2. The molecule has 10 nitrogen and oxygen atoms in total. The highest BCUT2D eigenvalue weighted by atomic mass is 32.2. The molecule has 2 atom stereocenters. The zero-order valence-electron chi connectivity index (χ0n) is 20.0. The minimum atomic E-state index is -3.78. The van der Waals surface area contributed by atoms with Gasteiger partial charge in [-0.3, -0.25) is 4.79 Å². The quantitative estimate of drug-likeness (QED) is 0.416. The fourth-order valence-corrected chi connectivity index (χ4v) is 4.73. The number of sulfone groups is 1. The Balaban J connectivity index is 1.56. The second-order valence-corrected chi connectivity index (χ2v) is 11.6. The number of imidazole rings is 1. The number of rotatable bonds is 7. The standard InChI is InChI=1S/C23H23F3N6O4S/c1-23(2)9-36-22(32-23)10-4-5-13(15(6-10)37(3,34)35)27-14-8-16(29-21(33)11-7-12(11)24)28-19-17(14)30-20(31-19)18(25)26/h4-6,8,11-12,18H,7,9H2,1-3H3,(H3,27,28,29,30,31,33). The van der Waals surface area contributed by atoms with Crippen molar-refractivity contribution in [2.45, 2.75) is 43.3 Å². The van der Waals surface area contributed by atoms with Crippen molar-refractivity contribution in [2.24, 2.45) is 10.9 Å². The summed E-state index contributed by atoms with van der Waals surface area (Å²) in [6.45, 7) is 4.11. The van der Waals surface area contributed by atoms with Gasteiger partial charge in [-0.15, -0.1) is 0 Å². The number of carbonyl (C=O) groups is 1. The van der Waals surface area contributed by atoms with Gasteiger partial charge in [0.25, 0.3) is 6.43 Å². The average Bonchev–Trinajstić information content (AvgIpc) is 3.20. The molecule has 5 rings (SSSR count). The Hall–Kier alpha value is -3.68. The summed E-state index contributed by atoms with van der Waals surface area (Å²) in [6, 6.07) is 5.85. The summed E-state index contributed by atoms with van der Waals surface area (Å²) < 4.78 is 71.0. The molecule has 1 saturated carbocycles. The second kappa shape index (κ2) is 8.71. The first-order valence-electron chi connectivity index (χ1n) is 11.3. The summed E-state index contributed by atoms with van der Waals surface area (Å²) in [5.41, 5.74) is 0.186. The van der Waals surface area contributed by atoms with Crippen molar-refractivity contribution < 1.29 is 31.1 Å². The summed E-state index contributed by atoms with van der Waals surface area (Å²) >= 11 is 0. The van der Waals surface area contributed by atoms with Gasteiger partial charge in [0, 0.05) is 17.9 Å². The second-order valence-electron chi connectivity index (χ2n) is 9.65. The maximum Gasteiger partial charge on any atom is 0.295 e. The van der Waals surface area contributed by atoms with Gasteiger partial charge in [-0.05, 0) is 38.5 Å². The van der Waals surface area contributed by atoms with Crippen LogP contribution >= 0.6 is 0 Å². The van der Waals surface area contributed by atoms with Crippen molar-refractivity contribution in [1.82, 2.24) is 15.0 Å². The number of benzene rings is 1. The van der Waals surface area contributed by atoms with Crippen LogP contribution in [0.4, 0.5) is 30.4 Å². The maximum absolute atomic E-state index is 13.3. The first kappa shape index (κ1) is 25.0. The molecule has 1 amide bonds. The molecule has 196 valence electrons. The molecular formula is C23H23F3N6O4S. The maximum atomic E-state index is 13.3. The number of aliphatic imine (C=N–C) groups is 1. The molecule has 3 aromatic rings. The van der Waals surface area contributed by atoms with E-state index in [0.29, 0.717) is 18.1 Å². The van der Waals surface area contributed by atoms with E-state index >= 15 is 0 Å². The number of ether oxygens (including phenoxy) is 1. The third kappa shape index (κ3) is 5.10. The molecule has 2 aromatic heterocycles. The minimum absolute atomic E-state index is 0.0557. The van der Waals surface area contributed by atoms with E-state index in [0.717, 1.165) is 6.26 Å². The number of alkyl halides is 3. The van der Waals surface area contributed by atoms with E-state index in [1.54, 1.807) is 6.07 Å². The molecule has 1 aliphatic carbocycles. The molecule has 1 fully saturated rings. The number of fused-ring (bicyclic) bond motifs is 1. The number of amides is 1. The van der Waals surface area contributed by atoms with Gasteiger partial charge in [0.15, 0.2) is 21.3 Å². The number of pyridine rings is 1. The van der Waals surface area contributed by atoms with Crippen LogP contribution in [0.5, 0.6) is 0 Å². The Morgan fingerprint density at radius 2 is 1.95 bits per heavy atom. The molecular weight excluding hydrogens is 513 g/mol. The first-order chi connectivity index (χ1) is 17.3. The summed E-state index contributed by atoms with van der Waals surface area (Å²) in [5.74, 6) is -1.81. The Labute approximate surface area is 209 Å². The Kier molecular flexibility index (Phi) is 5.89. The highest BCUT2D eigenvalue weighted by Gasteiger charge is 2.43. The van der Waals surface area contributed by atoms with Crippen LogP contribution in [0, 0.1) is 5.92 Å². The largest absolute Gasteiger partial charge is 0.475 e. The van der Waals surface area contributed by atoms with Crippen molar-refractivity contribution >= 4 is 50.0 Å². The van der Waals surface area contributed by atoms with Crippen LogP contribution < -0.4 is 10.6 Å². The van der Waals surface area contributed by atoms with Crippen LogP contribution in [0.15, 0.2) is 34.2 Å². The highest BCUT2D eigenvalue weighted by molar-refractivity contribution is 7.90. The number of anilines is 3. The summed E-state index contributed by atoms with van der Waals surface area (Å²) in [6.07, 6.45) is -3.05. The molecule has 14 heteroatoms. The molecule has 0 radical (unpaired) electrons. The number of hydrogen-bond acceptors (Lipinski definition) is 8. The number of hydrogen-bond donors (Lipinski definition) is 3. The van der Waals surface area contributed by atoms with E-state index in [4.69, 9.17) is 4.74 Å². The smallest absolute Gasteiger partial charge is 0.295 e. The normalized spacial score (nSPS) is 20.6. The van der Waals surface area contributed by atoms with E-state index in [9.17, 15) is 26.4 Å². The van der Waals surface area contributed by atoms with Gasteiger partial charge in [-0.2, -0.15) is 0 Å². The monoisotopic (exact) mass is 536 g/mol. The number of aromatic nitrogens is 3. The molecule has 3 N–H and O–H groups in total. The lowest BCUT2D eigenvalue weighted by Crippen LogP contribution is -2.17. The third-order valence-electron chi connectivity index (χ3n) is 5.85. The number of carbonyl (C=O) groups excluding carboxylic acids is 1. The lowest BCUT2D eigenvalue weighted by Gasteiger charge is -2.14. The van der Waals surface area contributed by atoms with Crippen LogP contribution in [0.2, 0.25) is 0 Å². The van der Waals surface area contributed by atoms with E-state index in [1.165, 1.54) is 18.2 Å². The number of nitrogens with one attached hydrogen (secondary N) is 3. The Bertz CT molecular complexity index is 1550. The van der Waals surface area contributed by atoms with Crippen molar-refractivity contribution in [3.8, 4) is 0 Å². The zero-order valence-corrected chi connectivity index (χ0v) is 20.8. The van der Waals surface area contributed by atoms with E-state index in [2.05, 4.69) is 30.6 Å². The van der Waals surface area contributed by atoms with Gasteiger partial charge >= 0.3 is 0 Å². The van der Waals surface area contributed by atoms with Crippen LogP contribution in [-0.4, -0.2) is 59.7 Å². The minimum Gasteiger partial charge on any atom is -0.475 e. The van der Waals surface area contributed by atoms with Gasteiger partial charge in [-0.1, -0.05) is 0 Å². The molecule has 2 unspecified atom stereocenters. The Morgan fingerprint density at radius 3 is 2.54 bits per heavy atom. The van der Waals surface area contributed by atoms with Crippen molar-refractivity contribution in [1.29, 1.82) is 0 Å².